The minimum atomic E-state index is -0.357. The molecule has 0 spiro atoms. The lowest BCUT2D eigenvalue weighted by Gasteiger charge is -2.09. The van der Waals surface area contributed by atoms with Crippen molar-refractivity contribution < 1.29 is 9.59 Å². The predicted molar refractivity (Wildman–Crippen MR) is 86.3 cm³/mol. The molecule has 23 heavy (non-hydrogen) atoms. The summed E-state index contributed by atoms with van der Waals surface area (Å²) in [6.07, 6.45) is 4.49. The summed E-state index contributed by atoms with van der Waals surface area (Å²) in [6, 6.07) is 10.2. The van der Waals surface area contributed by atoms with Crippen LogP contribution in [0.5, 0.6) is 0 Å². The van der Waals surface area contributed by atoms with Crippen LogP contribution >= 0.6 is 0 Å². The summed E-state index contributed by atoms with van der Waals surface area (Å²) >= 11 is 0. The highest BCUT2D eigenvalue weighted by Gasteiger charge is 2.07. The van der Waals surface area contributed by atoms with Gasteiger partial charge in [0, 0.05) is 18.9 Å². The molecule has 0 aliphatic rings. The third kappa shape index (κ3) is 5.55. The first kappa shape index (κ1) is 16.7. The molecule has 1 heterocycles. The molecule has 0 radical (unpaired) electrons. The van der Waals surface area contributed by atoms with E-state index in [2.05, 4.69) is 27.8 Å². The van der Waals surface area contributed by atoms with Gasteiger partial charge in [-0.25, -0.2) is 4.98 Å². The summed E-state index contributed by atoms with van der Waals surface area (Å²) < 4.78 is 2.01. The quantitative estimate of drug-likeness (QED) is 0.629. The highest BCUT2D eigenvalue weighted by Crippen LogP contribution is 2.04. The number of hydrogen-bond acceptors (Lipinski definition) is 4. The van der Waals surface area contributed by atoms with E-state index in [-0.39, 0.29) is 24.9 Å². The van der Waals surface area contributed by atoms with Crippen molar-refractivity contribution in [3.05, 3.63) is 54.1 Å². The van der Waals surface area contributed by atoms with Gasteiger partial charge < -0.3 is 20.9 Å². The fourth-order valence-corrected chi connectivity index (χ4v) is 2.10. The Hall–Kier alpha value is -2.67. The predicted octanol–water partition coefficient (Wildman–Crippen LogP) is -0.183. The lowest BCUT2D eigenvalue weighted by Crippen LogP contribution is -2.39. The first-order valence-corrected chi connectivity index (χ1v) is 7.46. The molecular weight excluding hydrogens is 294 g/mol. The molecule has 0 atom stereocenters. The number of amides is 2. The Kier molecular flexibility index (Phi) is 6.31. The zero-order valence-corrected chi connectivity index (χ0v) is 12.9. The maximum atomic E-state index is 11.6. The van der Waals surface area contributed by atoms with E-state index in [4.69, 9.17) is 5.73 Å². The SMILES string of the molecule is NCC(=O)NCC(=O)NCc1nccn1CCc1ccccc1. The number of carbonyl (C=O) groups is 2. The van der Waals surface area contributed by atoms with Gasteiger partial charge in [0.1, 0.15) is 5.82 Å². The number of aromatic nitrogens is 2. The standard InChI is InChI=1S/C16H21N5O2/c17-10-15(22)20-12-16(23)19-11-14-18-7-9-21(14)8-6-13-4-2-1-3-5-13/h1-5,7,9H,6,8,10-12,17H2,(H,19,23)(H,20,22). The second-order valence-corrected chi connectivity index (χ2v) is 5.03. The molecule has 0 aliphatic heterocycles. The van der Waals surface area contributed by atoms with E-state index in [1.54, 1.807) is 6.20 Å². The molecule has 0 saturated heterocycles. The molecule has 0 bridgehead atoms. The fraction of sp³-hybridized carbons (Fsp3) is 0.312. The fourth-order valence-electron chi connectivity index (χ4n) is 2.10. The highest BCUT2D eigenvalue weighted by molar-refractivity contribution is 5.85. The molecule has 7 heteroatoms. The molecule has 2 amide bonds. The molecule has 0 unspecified atom stereocenters. The average Bonchev–Trinajstić information content (AvgIpc) is 3.04. The van der Waals surface area contributed by atoms with Crippen molar-refractivity contribution in [2.75, 3.05) is 13.1 Å². The number of rotatable bonds is 8. The summed E-state index contributed by atoms with van der Waals surface area (Å²) in [5.74, 6) is 0.147. The topological polar surface area (TPSA) is 102 Å². The van der Waals surface area contributed by atoms with Crippen molar-refractivity contribution in [3.8, 4) is 0 Å². The lowest BCUT2D eigenvalue weighted by molar-refractivity contribution is -0.125. The van der Waals surface area contributed by atoms with Crippen molar-refractivity contribution in [2.24, 2.45) is 5.73 Å². The van der Waals surface area contributed by atoms with Crippen LogP contribution in [0, 0.1) is 0 Å². The van der Waals surface area contributed by atoms with Crippen LogP contribution < -0.4 is 16.4 Å². The summed E-state index contributed by atoms with van der Waals surface area (Å²) in [6.45, 7) is 0.899. The molecule has 4 N–H and O–H groups in total. The maximum absolute atomic E-state index is 11.6. The van der Waals surface area contributed by atoms with E-state index >= 15 is 0 Å². The first-order chi connectivity index (χ1) is 11.2. The number of nitrogens with two attached hydrogens (primary N) is 1. The molecule has 0 fully saturated rings. The molecule has 7 nitrogen and oxygen atoms in total. The van der Waals surface area contributed by atoms with Crippen LogP contribution in [-0.4, -0.2) is 34.5 Å². The van der Waals surface area contributed by atoms with Crippen molar-refractivity contribution in [3.63, 3.8) is 0 Å². The summed E-state index contributed by atoms with van der Waals surface area (Å²) in [7, 11) is 0. The van der Waals surface area contributed by atoms with Gasteiger partial charge in [0.15, 0.2) is 0 Å². The van der Waals surface area contributed by atoms with E-state index < -0.39 is 0 Å². The number of carbonyl (C=O) groups excluding carboxylic acids is 2. The normalized spacial score (nSPS) is 10.3. The number of benzene rings is 1. The van der Waals surface area contributed by atoms with E-state index in [0.717, 1.165) is 18.8 Å². The van der Waals surface area contributed by atoms with Crippen LogP contribution in [0.1, 0.15) is 11.4 Å². The van der Waals surface area contributed by atoms with Gasteiger partial charge in [0.05, 0.1) is 19.6 Å². The third-order valence-corrected chi connectivity index (χ3v) is 3.36. The smallest absolute Gasteiger partial charge is 0.239 e. The molecule has 0 saturated carbocycles. The van der Waals surface area contributed by atoms with Gasteiger partial charge >= 0.3 is 0 Å². The summed E-state index contributed by atoms with van der Waals surface area (Å²) in [5.41, 5.74) is 6.40. The van der Waals surface area contributed by atoms with Gasteiger partial charge in [-0.1, -0.05) is 30.3 Å². The van der Waals surface area contributed by atoms with Gasteiger partial charge in [-0.05, 0) is 12.0 Å². The summed E-state index contributed by atoms with van der Waals surface area (Å²) in [5, 5.41) is 5.15. The largest absolute Gasteiger partial charge is 0.347 e. The lowest BCUT2D eigenvalue weighted by atomic mass is 10.1. The van der Waals surface area contributed by atoms with E-state index in [9.17, 15) is 9.59 Å². The van der Waals surface area contributed by atoms with Gasteiger partial charge in [0.25, 0.3) is 0 Å². The Balaban J connectivity index is 1.79. The first-order valence-electron chi connectivity index (χ1n) is 7.46. The Morgan fingerprint density at radius 1 is 1.13 bits per heavy atom. The number of nitrogens with zero attached hydrogens (tertiary/aromatic N) is 2. The van der Waals surface area contributed by atoms with E-state index in [1.165, 1.54) is 5.56 Å². The minimum Gasteiger partial charge on any atom is -0.347 e. The maximum Gasteiger partial charge on any atom is 0.239 e. The van der Waals surface area contributed by atoms with Crippen molar-refractivity contribution in [1.29, 1.82) is 0 Å². The molecule has 0 aliphatic carbocycles. The van der Waals surface area contributed by atoms with Crippen LogP contribution in [0.3, 0.4) is 0 Å². The second kappa shape index (κ2) is 8.70. The van der Waals surface area contributed by atoms with Gasteiger partial charge in [-0.15, -0.1) is 0 Å². The van der Waals surface area contributed by atoms with Crippen LogP contribution in [-0.2, 0) is 29.1 Å². The molecule has 122 valence electrons. The third-order valence-electron chi connectivity index (χ3n) is 3.36. The zero-order chi connectivity index (χ0) is 16.5. The van der Waals surface area contributed by atoms with Crippen LogP contribution in [0.15, 0.2) is 42.7 Å². The van der Waals surface area contributed by atoms with Gasteiger partial charge in [0.2, 0.25) is 11.8 Å². The van der Waals surface area contributed by atoms with Crippen LogP contribution in [0.4, 0.5) is 0 Å². The zero-order valence-electron chi connectivity index (χ0n) is 12.9. The second-order valence-electron chi connectivity index (χ2n) is 5.03. The Morgan fingerprint density at radius 2 is 1.91 bits per heavy atom. The molecule has 2 rings (SSSR count). The Morgan fingerprint density at radius 3 is 2.65 bits per heavy atom. The molecular formula is C16H21N5O2. The van der Waals surface area contributed by atoms with Crippen molar-refractivity contribution in [1.82, 2.24) is 20.2 Å². The van der Waals surface area contributed by atoms with Gasteiger partial charge in [-0.3, -0.25) is 9.59 Å². The highest BCUT2D eigenvalue weighted by atomic mass is 16.2. The van der Waals surface area contributed by atoms with Crippen LogP contribution in [0.25, 0.3) is 0 Å². The number of aryl methyl sites for hydroxylation is 2. The van der Waals surface area contributed by atoms with Gasteiger partial charge in [-0.2, -0.15) is 0 Å². The summed E-state index contributed by atoms with van der Waals surface area (Å²) in [4.78, 5) is 26.9. The Bertz CT molecular complexity index is 639. The van der Waals surface area contributed by atoms with E-state index in [1.807, 2.05) is 29.0 Å². The molecule has 1 aromatic carbocycles. The number of nitrogens with one attached hydrogen (secondary N) is 2. The van der Waals surface area contributed by atoms with Crippen LogP contribution in [0.2, 0.25) is 0 Å². The monoisotopic (exact) mass is 315 g/mol. The molecule has 2 aromatic rings. The Labute approximate surface area is 134 Å². The molecule has 1 aromatic heterocycles. The number of imidazole rings is 1. The average molecular weight is 315 g/mol. The van der Waals surface area contributed by atoms with Crippen molar-refractivity contribution >= 4 is 11.8 Å². The number of hydrogen-bond donors (Lipinski definition) is 3. The van der Waals surface area contributed by atoms with E-state index in [0.29, 0.717) is 6.54 Å². The van der Waals surface area contributed by atoms with Crippen molar-refractivity contribution in [2.45, 2.75) is 19.5 Å². The minimum absolute atomic E-state index is 0.0826.